The van der Waals surface area contributed by atoms with Gasteiger partial charge in [0.2, 0.25) is 0 Å². The van der Waals surface area contributed by atoms with E-state index in [1.54, 1.807) is 6.07 Å². The Hall–Kier alpha value is -3.03. The molecule has 3 aromatic rings. The van der Waals surface area contributed by atoms with Crippen molar-refractivity contribution in [2.45, 2.75) is 25.4 Å². The molecule has 4 rings (SSSR count). The first-order valence-corrected chi connectivity index (χ1v) is 7.62. The number of ether oxygens (including phenoxy) is 1. The number of carboxylic acids is 1. The number of hydrogen-bond acceptors (Lipinski definition) is 5. The van der Waals surface area contributed by atoms with Gasteiger partial charge >= 0.3 is 12.6 Å². The summed E-state index contributed by atoms with van der Waals surface area (Å²) >= 11 is 0. The Kier molecular flexibility index (Phi) is 3.60. The third kappa shape index (κ3) is 2.90. The second kappa shape index (κ2) is 5.80. The van der Waals surface area contributed by atoms with E-state index < -0.39 is 12.6 Å². The molecule has 0 amide bonds. The molecule has 0 saturated heterocycles. The van der Waals surface area contributed by atoms with E-state index in [0.717, 1.165) is 12.8 Å². The van der Waals surface area contributed by atoms with E-state index in [1.165, 1.54) is 24.3 Å². The number of halogens is 2. The minimum absolute atomic E-state index is 0.000784. The lowest BCUT2D eigenvalue weighted by Gasteiger charge is -2.05. The number of benzene rings is 1. The summed E-state index contributed by atoms with van der Waals surface area (Å²) in [5.41, 5.74) is 1.73. The molecular formula is C17H12F2N2O4. The largest absolute Gasteiger partial charge is 0.478 e. The first-order valence-electron chi connectivity index (χ1n) is 7.62. The lowest BCUT2D eigenvalue weighted by molar-refractivity contribution is -0.0498. The van der Waals surface area contributed by atoms with Gasteiger partial charge in [-0.15, -0.1) is 0 Å². The summed E-state index contributed by atoms with van der Waals surface area (Å²) in [6, 6.07) is 7.28. The first kappa shape index (κ1) is 15.5. The standard InChI is InChI=1S/C17H12F2N2O4/c18-17(19)24-10-5-3-9(4-6-10)14-13-11(16(22)23)7-12(8-1-2-8)20-15(13)25-21-14/h3-8,17H,1-2H2,(H,22,23). The average Bonchev–Trinajstić information content (AvgIpc) is 3.34. The van der Waals surface area contributed by atoms with Gasteiger partial charge in [-0.1, -0.05) is 5.16 Å². The summed E-state index contributed by atoms with van der Waals surface area (Å²) in [6.07, 6.45) is 1.95. The van der Waals surface area contributed by atoms with Gasteiger partial charge in [-0.05, 0) is 43.2 Å². The predicted octanol–water partition coefficient (Wildman–Crippen LogP) is 4.07. The maximum absolute atomic E-state index is 12.2. The van der Waals surface area contributed by atoms with Gasteiger partial charge in [0.15, 0.2) is 0 Å². The Bertz CT molecular complexity index is 949. The number of nitrogens with zero attached hydrogens (tertiary/aromatic N) is 2. The number of alkyl halides is 2. The molecule has 1 aliphatic carbocycles. The molecule has 0 aliphatic heterocycles. The molecule has 6 nitrogen and oxygen atoms in total. The van der Waals surface area contributed by atoms with Crippen LogP contribution < -0.4 is 4.74 Å². The summed E-state index contributed by atoms with van der Waals surface area (Å²) in [7, 11) is 0. The molecule has 0 radical (unpaired) electrons. The topological polar surface area (TPSA) is 85.5 Å². The Balaban J connectivity index is 1.81. The molecule has 1 aromatic carbocycles. The molecular weight excluding hydrogens is 334 g/mol. The van der Waals surface area contributed by atoms with Crippen molar-refractivity contribution in [2.24, 2.45) is 0 Å². The molecule has 25 heavy (non-hydrogen) atoms. The van der Waals surface area contributed by atoms with Crippen LogP contribution in [0.3, 0.4) is 0 Å². The minimum Gasteiger partial charge on any atom is -0.478 e. The highest BCUT2D eigenvalue weighted by Crippen LogP contribution is 2.41. The van der Waals surface area contributed by atoms with E-state index >= 15 is 0 Å². The number of rotatable bonds is 5. The van der Waals surface area contributed by atoms with Crippen LogP contribution in [0, 0.1) is 0 Å². The van der Waals surface area contributed by atoms with Crippen molar-refractivity contribution < 1.29 is 27.9 Å². The van der Waals surface area contributed by atoms with Crippen molar-refractivity contribution in [3.05, 3.63) is 41.6 Å². The maximum Gasteiger partial charge on any atom is 0.387 e. The number of carbonyl (C=O) groups is 1. The molecule has 1 N–H and O–H groups in total. The molecule has 0 spiro atoms. The summed E-state index contributed by atoms with van der Waals surface area (Å²) in [6.45, 7) is -2.91. The van der Waals surface area contributed by atoms with Crippen LogP contribution in [0.4, 0.5) is 8.78 Å². The zero-order valence-corrected chi connectivity index (χ0v) is 12.8. The Morgan fingerprint density at radius 1 is 1.28 bits per heavy atom. The molecule has 0 unspecified atom stereocenters. The maximum atomic E-state index is 12.2. The molecule has 8 heteroatoms. The third-order valence-electron chi connectivity index (χ3n) is 4.05. The van der Waals surface area contributed by atoms with E-state index in [1.807, 2.05) is 0 Å². The second-order valence-corrected chi connectivity index (χ2v) is 5.79. The van der Waals surface area contributed by atoms with E-state index in [9.17, 15) is 18.7 Å². The van der Waals surface area contributed by atoms with Crippen LogP contribution in [0.25, 0.3) is 22.4 Å². The fraction of sp³-hybridized carbons (Fsp3) is 0.235. The van der Waals surface area contributed by atoms with Crippen LogP contribution in [0.1, 0.15) is 34.8 Å². The number of aromatic nitrogens is 2. The minimum atomic E-state index is -2.91. The van der Waals surface area contributed by atoms with Crippen molar-refractivity contribution in [1.82, 2.24) is 10.1 Å². The molecule has 0 bridgehead atoms. The average molecular weight is 346 g/mol. The molecule has 1 fully saturated rings. The summed E-state index contributed by atoms with van der Waals surface area (Å²) in [4.78, 5) is 16.0. The van der Waals surface area contributed by atoms with Crippen LogP contribution in [0.15, 0.2) is 34.9 Å². The monoisotopic (exact) mass is 346 g/mol. The molecule has 2 aromatic heterocycles. The highest BCUT2D eigenvalue weighted by atomic mass is 19.3. The van der Waals surface area contributed by atoms with E-state index in [2.05, 4.69) is 14.9 Å². The molecule has 0 atom stereocenters. The fourth-order valence-electron chi connectivity index (χ4n) is 2.72. The smallest absolute Gasteiger partial charge is 0.387 e. The van der Waals surface area contributed by atoms with Gasteiger partial charge in [0.05, 0.1) is 10.9 Å². The van der Waals surface area contributed by atoms with Gasteiger partial charge in [0.1, 0.15) is 11.4 Å². The van der Waals surface area contributed by atoms with Crippen LogP contribution in [-0.4, -0.2) is 27.8 Å². The van der Waals surface area contributed by atoms with Crippen LogP contribution in [-0.2, 0) is 0 Å². The van der Waals surface area contributed by atoms with E-state index in [4.69, 9.17) is 4.52 Å². The summed E-state index contributed by atoms with van der Waals surface area (Å²) < 4.78 is 34.0. The zero-order chi connectivity index (χ0) is 17.6. The fourth-order valence-corrected chi connectivity index (χ4v) is 2.72. The Labute approximate surface area is 140 Å². The number of hydrogen-bond donors (Lipinski definition) is 1. The molecule has 1 aliphatic rings. The number of carboxylic acid groups (broad SMARTS) is 1. The van der Waals surface area contributed by atoms with Crippen LogP contribution in [0.5, 0.6) is 5.75 Å². The normalized spacial score (nSPS) is 14.2. The van der Waals surface area contributed by atoms with Gasteiger partial charge in [-0.3, -0.25) is 0 Å². The quantitative estimate of drug-likeness (QED) is 0.750. The highest BCUT2D eigenvalue weighted by molar-refractivity contribution is 6.06. The van der Waals surface area contributed by atoms with Crippen molar-refractivity contribution in [2.75, 3.05) is 0 Å². The third-order valence-corrected chi connectivity index (χ3v) is 4.05. The van der Waals surface area contributed by atoms with Crippen LogP contribution in [0.2, 0.25) is 0 Å². The number of fused-ring (bicyclic) bond motifs is 1. The van der Waals surface area contributed by atoms with Crippen molar-refractivity contribution in [1.29, 1.82) is 0 Å². The first-order chi connectivity index (χ1) is 12.0. The van der Waals surface area contributed by atoms with Crippen molar-refractivity contribution in [3.8, 4) is 17.0 Å². The summed E-state index contributed by atoms with van der Waals surface area (Å²) in [5.74, 6) is -0.836. The van der Waals surface area contributed by atoms with E-state index in [-0.39, 0.29) is 22.9 Å². The predicted molar refractivity (Wildman–Crippen MR) is 82.8 cm³/mol. The van der Waals surface area contributed by atoms with Gasteiger partial charge in [0, 0.05) is 17.2 Å². The lowest BCUT2D eigenvalue weighted by atomic mass is 10.0. The number of aromatic carboxylic acids is 1. The zero-order valence-electron chi connectivity index (χ0n) is 12.8. The Morgan fingerprint density at radius 2 is 2.00 bits per heavy atom. The van der Waals surface area contributed by atoms with Crippen molar-refractivity contribution >= 4 is 17.1 Å². The molecule has 2 heterocycles. The lowest BCUT2D eigenvalue weighted by Crippen LogP contribution is -2.02. The van der Waals surface area contributed by atoms with Crippen molar-refractivity contribution in [3.63, 3.8) is 0 Å². The molecule has 1 saturated carbocycles. The number of pyridine rings is 1. The second-order valence-electron chi connectivity index (χ2n) is 5.79. The molecule has 128 valence electrons. The van der Waals surface area contributed by atoms with Gasteiger partial charge in [-0.2, -0.15) is 8.78 Å². The summed E-state index contributed by atoms with van der Waals surface area (Å²) in [5, 5.41) is 13.8. The highest BCUT2D eigenvalue weighted by Gasteiger charge is 2.29. The van der Waals surface area contributed by atoms with Gasteiger partial charge in [-0.25, -0.2) is 9.78 Å². The van der Waals surface area contributed by atoms with Gasteiger partial charge in [0.25, 0.3) is 5.71 Å². The van der Waals surface area contributed by atoms with Gasteiger partial charge < -0.3 is 14.4 Å². The van der Waals surface area contributed by atoms with E-state index in [0.29, 0.717) is 22.3 Å². The Morgan fingerprint density at radius 3 is 2.60 bits per heavy atom. The SMILES string of the molecule is O=C(O)c1cc(C2CC2)nc2onc(-c3ccc(OC(F)F)cc3)c12. The van der Waals surface area contributed by atoms with Crippen LogP contribution >= 0.6 is 0 Å².